The van der Waals surface area contributed by atoms with Gasteiger partial charge in [0.1, 0.15) is 0 Å². The van der Waals surface area contributed by atoms with Crippen LogP contribution in [0.15, 0.2) is 0 Å². The van der Waals surface area contributed by atoms with E-state index in [0.29, 0.717) is 38.8 Å². The number of likely N-dealkylation sites (tertiary alicyclic amines) is 2. The Labute approximate surface area is 157 Å². The van der Waals surface area contributed by atoms with Crippen LogP contribution < -0.4 is 0 Å². The van der Waals surface area contributed by atoms with E-state index in [1.807, 2.05) is 9.80 Å². The van der Waals surface area contributed by atoms with Crippen molar-refractivity contribution in [1.29, 1.82) is 0 Å². The van der Waals surface area contributed by atoms with Crippen LogP contribution in [0.5, 0.6) is 0 Å². The van der Waals surface area contributed by atoms with Gasteiger partial charge in [-0.15, -0.1) is 0 Å². The van der Waals surface area contributed by atoms with Crippen LogP contribution in [-0.2, 0) is 14.3 Å². The number of hydrogen-bond acceptors (Lipinski definition) is 4. The summed E-state index contributed by atoms with van der Waals surface area (Å²) in [6, 6.07) is 0. The molecule has 6 nitrogen and oxygen atoms in total. The zero-order chi connectivity index (χ0) is 18.5. The van der Waals surface area contributed by atoms with Gasteiger partial charge in [0, 0.05) is 39.3 Å². The lowest BCUT2D eigenvalue weighted by atomic mass is 9.92. The van der Waals surface area contributed by atoms with Gasteiger partial charge in [-0.2, -0.15) is 0 Å². The predicted molar refractivity (Wildman–Crippen MR) is 101 cm³/mol. The minimum Gasteiger partial charge on any atom is -0.378 e. The Hall–Kier alpha value is -1.14. The summed E-state index contributed by atoms with van der Waals surface area (Å²) in [6.07, 6.45) is 3.94. The van der Waals surface area contributed by atoms with E-state index < -0.39 is 0 Å². The number of amides is 2. The molecule has 0 saturated carbocycles. The third-order valence-electron chi connectivity index (χ3n) is 5.88. The lowest BCUT2D eigenvalue weighted by Gasteiger charge is -2.39. The molecule has 0 N–H and O–H groups in total. The summed E-state index contributed by atoms with van der Waals surface area (Å²) >= 11 is 0. The van der Waals surface area contributed by atoms with E-state index in [2.05, 4.69) is 18.7 Å². The van der Waals surface area contributed by atoms with Crippen LogP contribution in [0, 0.1) is 17.8 Å². The maximum atomic E-state index is 13.1. The van der Waals surface area contributed by atoms with Crippen LogP contribution in [-0.4, -0.2) is 85.5 Å². The fourth-order valence-electron chi connectivity index (χ4n) is 4.62. The molecule has 0 spiro atoms. The summed E-state index contributed by atoms with van der Waals surface area (Å²) in [5, 5.41) is 0. The Kier molecular flexibility index (Phi) is 6.92. The third-order valence-corrected chi connectivity index (χ3v) is 5.88. The molecule has 2 atom stereocenters. The summed E-state index contributed by atoms with van der Waals surface area (Å²) in [4.78, 5) is 32.2. The molecule has 3 aliphatic heterocycles. The van der Waals surface area contributed by atoms with Crippen molar-refractivity contribution in [2.45, 2.75) is 39.5 Å². The van der Waals surface area contributed by atoms with E-state index in [1.54, 1.807) is 0 Å². The first kappa shape index (κ1) is 19.6. The quantitative estimate of drug-likeness (QED) is 0.757. The van der Waals surface area contributed by atoms with Crippen molar-refractivity contribution in [3.05, 3.63) is 0 Å². The Morgan fingerprint density at radius 2 is 1.50 bits per heavy atom. The van der Waals surface area contributed by atoms with Gasteiger partial charge in [-0.3, -0.25) is 9.59 Å². The largest absolute Gasteiger partial charge is 0.378 e. The predicted octanol–water partition coefficient (Wildman–Crippen LogP) is 1.45. The molecule has 26 heavy (non-hydrogen) atoms. The van der Waals surface area contributed by atoms with Crippen molar-refractivity contribution in [3.8, 4) is 0 Å². The van der Waals surface area contributed by atoms with Crippen molar-refractivity contribution in [2.24, 2.45) is 17.8 Å². The van der Waals surface area contributed by atoms with Crippen LogP contribution in [0.25, 0.3) is 0 Å². The maximum absolute atomic E-state index is 13.1. The summed E-state index contributed by atoms with van der Waals surface area (Å²) in [5.41, 5.74) is 0. The van der Waals surface area contributed by atoms with E-state index in [0.717, 1.165) is 51.9 Å². The third kappa shape index (κ3) is 4.97. The molecule has 3 heterocycles. The first-order valence-corrected chi connectivity index (χ1v) is 10.4. The smallest absolute Gasteiger partial charge is 0.227 e. The number of ether oxygens (including phenoxy) is 1. The highest BCUT2D eigenvalue weighted by atomic mass is 16.5. The monoisotopic (exact) mass is 365 g/mol. The fraction of sp³-hybridized carbons (Fsp3) is 0.900. The van der Waals surface area contributed by atoms with Crippen molar-refractivity contribution in [2.75, 3.05) is 59.0 Å². The van der Waals surface area contributed by atoms with E-state index in [-0.39, 0.29) is 23.7 Å². The van der Waals surface area contributed by atoms with Crippen molar-refractivity contribution >= 4 is 11.8 Å². The number of carbonyl (C=O) groups is 2. The molecule has 3 aliphatic rings. The molecular formula is C20H35N3O3. The van der Waals surface area contributed by atoms with E-state index in [4.69, 9.17) is 4.74 Å². The number of rotatable bonds is 4. The van der Waals surface area contributed by atoms with Gasteiger partial charge in [0.05, 0.1) is 25.0 Å². The van der Waals surface area contributed by atoms with E-state index in [9.17, 15) is 9.59 Å². The van der Waals surface area contributed by atoms with Crippen molar-refractivity contribution in [3.63, 3.8) is 0 Å². The van der Waals surface area contributed by atoms with Crippen LogP contribution >= 0.6 is 0 Å². The lowest BCUT2D eigenvalue weighted by molar-refractivity contribution is -0.146. The molecule has 3 saturated heterocycles. The number of morpholine rings is 1. The summed E-state index contributed by atoms with van der Waals surface area (Å²) in [6.45, 7) is 11.6. The highest BCUT2D eigenvalue weighted by Gasteiger charge is 2.35. The molecule has 0 aromatic carbocycles. The zero-order valence-corrected chi connectivity index (χ0v) is 16.5. The van der Waals surface area contributed by atoms with Gasteiger partial charge in [-0.05, 0) is 38.1 Å². The summed E-state index contributed by atoms with van der Waals surface area (Å²) in [7, 11) is 0. The molecule has 3 fully saturated rings. The summed E-state index contributed by atoms with van der Waals surface area (Å²) < 4.78 is 5.35. The van der Waals surface area contributed by atoms with Crippen LogP contribution in [0.4, 0.5) is 0 Å². The molecule has 0 bridgehead atoms. The Bertz CT molecular complexity index is 491. The van der Waals surface area contributed by atoms with Gasteiger partial charge in [-0.1, -0.05) is 13.8 Å². The SMILES string of the molecule is CC(C)CN1CCCC(C(=O)N2CCCC(C(=O)N3CCOCC3)C2)C1. The minimum absolute atomic E-state index is 0.0267. The van der Waals surface area contributed by atoms with E-state index >= 15 is 0 Å². The summed E-state index contributed by atoms with van der Waals surface area (Å²) in [5.74, 6) is 1.21. The molecule has 0 aliphatic carbocycles. The molecular weight excluding hydrogens is 330 g/mol. The first-order chi connectivity index (χ1) is 12.5. The molecule has 2 unspecified atom stereocenters. The number of carbonyl (C=O) groups excluding carboxylic acids is 2. The average Bonchev–Trinajstić information content (AvgIpc) is 2.67. The molecule has 0 radical (unpaired) electrons. The Morgan fingerprint density at radius 1 is 0.885 bits per heavy atom. The van der Waals surface area contributed by atoms with Gasteiger partial charge in [0.15, 0.2) is 0 Å². The standard InChI is InChI=1S/C20H35N3O3/c1-16(2)13-21-7-3-5-17(14-21)20(25)23-8-4-6-18(15-23)19(24)22-9-11-26-12-10-22/h16-18H,3-15H2,1-2H3. The van der Waals surface area contributed by atoms with Gasteiger partial charge in [-0.25, -0.2) is 0 Å². The van der Waals surface area contributed by atoms with Crippen molar-refractivity contribution < 1.29 is 14.3 Å². The number of hydrogen-bond donors (Lipinski definition) is 0. The first-order valence-electron chi connectivity index (χ1n) is 10.4. The van der Waals surface area contributed by atoms with Crippen LogP contribution in [0.2, 0.25) is 0 Å². The molecule has 6 heteroatoms. The highest BCUT2D eigenvalue weighted by Crippen LogP contribution is 2.25. The molecule has 0 aromatic heterocycles. The molecule has 0 aromatic rings. The second-order valence-corrected chi connectivity index (χ2v) is 8.55. The van der Waals surface area contributed by atoms with Crippen LogP contribution in [0.1, 0.15) is 39.5 Å². The molecule has 148 valence electrons. The maximum Gasteiger partial charge on any atom is 0.227 e. The highest BCUT2D eigenvalue weighted by molar-refractivity contribution is 5.82. The normalized spacial score (nSPS) is 28.4. The molecule has 3 rings (SSSR count). The number of piperidine rings is 2. The topological polar surface area (TPSA) is 53.1 Å². The Morgan fingerprint density at radius 3 is 2.19 bits per heavy atom. The van der Waals surface area contributed by atoms with Crippen LogP contribution in [0.3, 0.4) is 0 Å². The minimum atomic E-state index is -0.0267. The van der Waals surface area contributed by atoms with Gasteiger partial charge in [0.2, 0.25) is 11.8 Å². The van der Waals surface area contributed by atoms with Gasteiger partial charge < -0.3 is 19.4 Å². The van der Waals surface area contributed by atoms with E-state index in [1.165, 1.54) is 0 Å². The fourth-order valence-corrected chi connectivity index (χ4v) is 4.62. The average molecular weight is 366 g/mol. The van der Waals surface area contributed by atoms with Gasteiger partial charge >= 0.3 is 0 Å². The second kappa shape index (κ2) is 9.18. The van der Waals surface area contributed by atoms with Crippen molar-refractivity contribution in [1.82, 2.24) is 14.7 Å². The molecule has 2 amide bonds. The van der Waals surface area contributed by atoms with Gasteiger partial charge in [0.25, 0.3) is 0 Å². The second-order valence-electron chi connectivity index (χ2n) is 8.55. The Balaban J connectivity index is 1.54. The number of nitrogens with zero attached hydrogens (tertiary/aromatic N) is 3. The zero-order valence-electron chi connectivity index (χ0n) is 16.5. The lowest BCUT2D eigenvalue weighted by Crippen LogP contribution is -2.52.